The van der Waals surface area contributed by atoms with Gasteiger partial charge in [0, 0.05) is 12.2 Å². The minimum absolute atomic E-state index is 0.284. The molecule has 0 heterocycles. The van der Waals surface area contributed by atoms with Crippen LogP contribution in [0.2, 0.25) is 0 Å². The molecule has 1 saturated carbocycles. The van der Waals surface area contributed by atoms with Crippen LogP contribution in [0.3, 0.4) is 0 Å². The second-order valence-corrected chi connectivity index (χ2v) is 4.35. The van der Waals surface area contributed by atoms with Crippen molar-refractivity contribution in [1.82, 2.24) is 0 Å². The summed E-state index contributed by atoms with van der Waals surface area (Å²) >= 11 is 1.54. The number of hydrogen-bond donors (Lipinski definition) is 0. The van der Waals surface area contributed by atoms with Crippen LogP contribution in [-0.2, 0) is 4.79 Å². The van der Waals surface area contributed by atoms with Gasteiger partial charge < -0.3 is 0 Å². The van der Waals surface area contributed by atoms with Gasteiger partial charge in [-0.05, 0) is 12.8 Å². The highest BCUT2D eigenvalue weighted by molar-refractivity contribution is 8.14. The Hall–Kier alpha value is 0.0200. The first-order valence-electron chi connectivity index (χ1n) is 3.96. The van der Waals surface area contributed by atoms with E-state index in [-0.39, 0.29) is 5.12 Å². The van der Waals surface area contributed by atoms with Gasteiger partial charge in [-0.25, -0.2) is 0 Å². The summed E-state index contributed by atoms with van der Waals surface area (Å²) in [5.74, 6) is 0. The molecule has 1 aliphatic rings. The van der Waals surface area contributed by atoms with E-state index in [1.54, 1.807) is 6.92 Å². The van der Waals surface area contributed by atoms with Crippen LogP contribution in [0.1, 0.15) is 39.0 Å². The first kappa shape index (κ1) is 8.12. The second-order valence-electron chi connectivity index (χ2n) is 2.87. The molecule has 0 aromatic rings. The molecule has 10 heavy (non-hydrogen) atoms. The van der Waals surface area contributed by atoms with Crippen LogP contribution in [0.15, 0.2) is 0 Å². The van der Waals surface area contributed by atoms with Crippen LogP contribution in [0.25, 0.3) is 0 Å². The molecule has 0 atom stereocenters. The number of hydrogen-bond acceptors (Lipinski definition) is 2. The van der Waals surface area contributed by atoms with Gasteiger partial charge >= 0.3 is 0 Å². The third-order valence-corrected chi connectivity index (χ3v) is 3.02. The Morgan fingerprint density at radius 2 is 1.90 bits per heavy atom. The van der Waals surface area contributed by atoms with Crippen LogP contribution in [0.5, 0.6) is 0 Å². The molecule has 0 aromatic carbocycles. The van der Waals surface area contributed by atoms with Crippen LogP contribution >= 0.6 is 11.8 Å². The Morgan fingerprint density at radius 1 is 1.30 bits per heavy atom. The Bertz CT molecular complexity index is 116. The van der Waals surface area contributed by atoms with Gasteiger partial charge in [-0.3, -0.25) is 4.79 Å². The van der Waals surface area contributed by atoms with Crippen LogP contribution < -0.4 is 0 Å². The van der Waals surface area contributed by atoms with E-state index in [0.29, 0.717) is 5.25 Å². The van der Waals surface area contributed by atoms with Gasteiger partial charge in [0.1, 0.15) is 0 Å². The van der Waals surface area contributed by atoms with Crippen molar-refractivity contribution in [3.63, 3.8) is 0 Å². The first-order valence-corrected chi connectivity index (χ1v) is 4.84. The lowest BCUT2D eigenvalue weighted by Crippen LogP contribution is -2.09. The van der Waals surface area contributed by atoms with Crippen LogP contribution in [0.4, 0.5) is 0 Å². The summed E-state index contributed by atoms with van der Waals surface area (Å²) in [7, 11) is 0. The van der Waals surface area contributed by atoms with E-state index < -0.39 is 0 Å². The fourth-order valence-corrected chi connectivity index (χ4v) is 2.46. The van der Waals surface area contributed by atoms with Crippen molar-refractivity contribution in [2.75, 3.05) is 0 Å². The zero-order valence-electron chi connectivity index (χ0n) is 6.43. The van der Waals surface area contributed by atoms with Crippen molar-refractivity contribution >= 4 is 16.9 Å². The van der Waals surface area contributed by atoms with Crippen molar-refractivity contribution < 1.29 is 4.79 Å². The summed E-state index contributed by atoms with van der Waals surface area (Å²) in [4.78, 5) is 10.7. The molecule has 0 saturated heterocycles. The van der Waals surface area contributed by atoms with E-state index >= 15 is 0 Å². The third kappa shape index (κ3) is 2.74. The largest absolute Gasteiger partial charge is 0.288 e. The average molecular weight is 158 g/mol. The van der Waals surface area contributed by atoms with Gasteiger partial charge in [0.15, 0.2) is 5.12 Å². The number of carbonyl (C=O) groups excluding carboxylic acids is 1. The van der Waals surface area contributed by atoms with E-state index in [4.69, 9.17) is 0 Å². The highest BCUT2D eigenvalue weighted by atomic mass is 32.2. The zero-order valence-corrected chi connectivity index (χ0v) is 7.25. The highest BCUT2D eigenvalue weighted by Gasteiger charge is 2.14. The molecule has 1 rings (SSSR count). The third-order valence-electron chi connectivity index (χ3n) is 1.88. The quantitative estimate of drug-likeness (QED) is 0.583. The summed E-state index contributed by atoms with van der Waals surface area (Å²) in [6, 6.07) is 0. The lowest BCUT2D eigenvalue weighted by atomic mass is 10.0. The van der Waals surface area contributed by atoms with E-state index in [1.807, 2.05) is 0 Å². The van der Waals surface area contributed by atoms with E-state index in [0.717, 1.165) is 0 Å². The van der Waals surface area contributed by atoms with Crippen LogP contribution in [0, 0.1) is 0 Å². The second kappa shape index (κ2) is 4.02. The molecule has 0 bridgehead atoms. The normalized spacial score (nSPS) is 20.9. The molecule has 1 aliphatic carbocycles. The van der Waals surface area contributed by atoms with Gasteiger partial charge in [-0.2, -0.15) is 0 Å². The maximum absolute atomic E-state index is 10.7. The standard InChI is InChI=1S/C8H14OS/c1-7(9)10-8-5-3-2-4-6-8/h8H,2-6H2,1H3. The Kier molecular flexibility index (Phi) is 3.26. The lowest BCUT2D eigenvalue weighted by Gasteiger charge is -2.18. The minimum Gasteiger partial charge on any atom is -0.288 e. The Morgan fingerprint density at radius 3 is 2.40 bits per heavy atom. The number of carbonyl (C=O) groups is 1. The van der Waals surface area contributed by atoms with Crippen molar-refractivity contribution in [1.29, 1.82) is 0 Å². The smallest absolute Gasteiger partial charge is 0.186 e. The molecule has 0 aromatic heterocycles. The fraction of sp³-hybridized carbons (Fsp3) is 0.875. The molecule has 0 unspecified atom stereocenters. The molecule has 1 nitrogen and oxygen atoms in total. The molecule has 58 valence electrons. The molecule has 1 fully saturated rings. The van der Waals surface area contributed by atoms with Crippen molar-refractivity contribution in [2.24, 2.45) is 0 Å². The summed E-state index contributed by atoms with van der Waals surface area (Å²) < 4.78 is 0. The SMILES string of the molecule is CC(=O)SC1CCCCC1. The summed E-state index contributed by atoms with van der Waals surface area (Å²) in [6.45, 7) is 1.67. The van der Waals surface area contributed by atoms with Gasteiger partial charge in [0.25, 0.3) is 0 Å². The fourth-order valence-electron chi connectivity index (χ4n) is 1.42. The molecule has 0 spiro atoms. The lowest BCUT2D eigenvalue weighted by molar-refractivity contribution is -0.109. The number of rotatable bonds is 1. The minimum atomic E-state index is 0.284. The van der Waals surface area contributed by atoms with Gasteiger partial charge in [0.05, 0.1) is 0 Å². The summed E-state index contributed by atoms with van der Waals surface area (Å²) in [6.07, 6.45) is 6.53. The predicted molar refractivity (Wildman–Crippen MR) is 45.1 cm³/mol. The molecule has 0 amide bonds. The molecule has 0 radical (unpaired) electrons. The van der Waals surface area contributed by atoms with Crippen molar-refractivity contribution in [2.45, 2.75) is 44.3 Å². The van der Waals surface area contributed by atoms with Crippen LogP contribution in [-0.4, -0.2) is 10.4 Å². The molecular weight excluding hydrogens is 144 g/mol. The Balaban J connectivity index is 2.19. The molecule has 0 aliphatic heterocycles. The van der Waals surface area contributed by atoms with Gasteiger partial charge in [-0.15, -0.1) is 0 Å². The highest BCUT2D eigenvalue weighted by Crippen LogP contribution is 2.28. The first-order chi connectivity index (χ1) is 4.79. The topological polar surface area (TPSA) is 17.1 Å². The van der Waals surface area contributed by atoms with Gasteiger partial charge in [0.2, 0.25) is 0 Å². The maximum atomic E-state index is 10.7. The molecule has 2 heteroatoms. The summed E-state index contributed by atoms with van der Waals surface area (Å²) in [5, 5.41) is 0.929. The van der Waals surface area contributed by atoms with Crippen molar-refractivity contribution in [3.8, 4) is 0 Å². The van der Waals surface area contributed by atoms with E-state index in [2.05, 4.69) is 0 Å². The zero-order chi connectivity index (χ0) is 7.40. The average Bonchev–Trinajstić information content (AvgIpc) is 1.88. The van der Waals surface area contributed by atoms with E-state index in [1.165, 1.54) is 43.9 Å². The van der Waals surface area contributed by atoms with Gasteiger partial charge in [-0.1, -0.05) is 31.0 Å². The van der Waals surface area contributed by atoms with Crippen molar-refractivity contribution in [3.05, 3.63) is 0 Å². The number of thioether (sulfide) groups is 1. The predicted octanol–water partition coefficient (Wildman–Crippen LogP) is 2.60. The van der Waals surface area contributed by atoms with E-state index in [9.17, 15) is 4.79 Å². The maximum Gasteiger partial charge on any atom is 0.186 e. The Labute approximate surface area is 66.6 Å². The molecule has 0 N–H and O–H groups in total. The molecular formula is C8H14OS. The monoisotopic (exact) mass is 158 g/mol. The summed E-state index contributed by atoms with van der Waals surface area (Å²) in [5.41, 5.74) is 0.